The maximum atomic E-state index is 12.0. The van der Waals surface area contributed by atoms with Gasteiger partial charge in [-0.25, -0.2) is 0 Å². The third-order valence-electron chi connectivity index (χ3n) is 2.63. The van der Waals surface area contributed by atoms with Crippen LogP contribution in [0, 0.1) is 5.92 Å². The largest absolute Gasteiger partial charge is 0.507 e. The van der Waals surface area contributed by atoms with Gasteiger partial charge in [-0.15, -0.1) is 0 Å². The van der Waals surface area contributed by atoms with E-state index in [1.807, 2.05) is 13.8 Å². The second-order valence-electron chi connectivity index (χ2n) is 5.00. The van der Waals surface area contributed by atoms with Gasteiger partial charge in [0.25, 0.3) is 5.91 Å². The lowest BCUT2D eigenvalue weighted by atomic mass is 10.1. The molecule has 0 bridgehead atoms. The maximum Gasteiger partial charge on any atom is 0.255 e. The molecule has 2 amide bonds. The van der Waals surface area contributed by atoms with Gasteiger partial charge in [-0.05, 0) is 31.0 Å². The first kappa shape index (κ1) is 16.5. The van der Waals surface area contributed by atoms with Crippen LogP contribution < -0.4 is 10.6 Å². The van der Waals surface area contributed by atoms with Gasteiger partial charge < -0.3 is 15.7 Å². The summed E-state index contributed by atoms with van der Waals surface area (Å²) in [5.74, 6) is -0.519. The van der Waals surface area contributed by atoms with Gasteiger partial charge in [0.1, 0.15) is 11.8 Å². The Kier molecular flexibility index (Phi) is 6.01. The lowest BCUT2D eigenvalue weighted by molar-refractivity contribution is -0.122. The zero-order valence-corrected chi connectivity index (χ0v) is 13.3. The number of halogens is 1. The Balaban J connectivity index is 2.65. The summed E-state index contributed by atoms with van der Waals surface area (Å²) in [7, 11) is 0. The van der Waals surface area contributed by atoms with E-state index < -0.39 is 11.9 Å². The molecule has 110 valence electrons. The first-order valence-corrected chi connectivity index (χ1v) is 7.17. The summed E-state index contributed by atoms with van der Waals surface area (Å²) in [4.78, 5) is 23.8. The van der Waals surface area contributed by atoms with Crippen molar-refractivity contribution in [3.8, 4) is 5.75 Å². The molecule has 0 aliphatic rings. The molecule has 1 unspecified atom stereocenters. The Morgan fingerprint density at radius 2 is 1.95 bits per heavy atom. The van der Waals surface area contributed by atoms with E-state index in [4.69, 9.17) is 0 Å². The van der Waals surface area contributed by atoms with E-state index in [1.54, 1.807) is 13.0 Å². The summed E-state index contributed by atoms with van der Waals surface area (Å²) in [6.45, 7) is 6.13. The van der Waals surface area contributed by atoms with Gasteiger partial charge in [0.2, 0.25) is 5.91 Å². The number of benzene rings is 1. The van der Waals surface area contributed by atoms with Gasteiger partial charge in [0, 0.05) is 11.0 Å². The van der Waals surface area contributed by atoms with Gasteiger partial charge in [0.05, 0.1) is 5.56 Å². The fourth-order valence-electron chi connectivity index (χ4n) is 1.49. The average molecular weight is 343 g/mol. The van der Waals surface area contributed by atoms with Crippen LogP contribution in [0.4, 0.5) is 0 Å². The van der Waals surface area contributed by atoms with Crippen LogP contribution in [0.25, 0.3) is 0 Å². The molecule has 1 rings (SSSR count). The Morgan fingerprint density at radius 3 is 2.55 bits per heavy atom. The van der Waals surface area contributed by atoms with E-state index in [-0.39, 0.29) is 17.2 Å². The summed E-state index contributed by atoms with van der Waals surface area (Å²) >= 11 is 3.23. The lowest BCUT2D eigenvalue weighted by Crippen LogP contribution is -2.45. The lowest BCUT2D eigenvalue weighted by Gasteiger charge is -2.15. The number of hydrogen-bond donors (Lipinski definition) is 3. The Bertz CT molecular complexity index is 503. The fourth-order valence-corrected chi connectivity index (χ4v) is 1.85. The van der Waals surface area contributed by atoms with Gasteiger partial charge in [-0.3, -0.25) is 9.59 Å². The molecule has 0 heterocycles. The summed E-state index contributed by atoms with van der Waals surface area (Å²) in [6.07, 6.45) is 0. The Morgan fingerprint density at radius 1 is 1.30 bits per heavy atom. The predicted molar refractivity (Wildman–Crippen MR) is 80.6 cm³/mol. The van der Waals surface area contributed by atoms with Crippen molar-refractivity contribution in [1.29, 1.82) is 0 Å². The summed E-state index contributed by atoms with van der Waals surface area (Å²) < 4.78 is 0.678. The zero-order valence-electron chi connectivity index (χ0n) is 11.7. The molecule has 0 saturated heterocycles. The molecule has 3 N–H and O–H groups in total. The normalized spacial score (nSPS) is 12.1. The SMILES string of the molecule is CC(C)CNC(=O)C(C)NC(=O)c1cc(Br)ccc1O. The van der Waals surface area contributed by atoms with Crippen LogP contribution in [0.2, 0.25) is 0 Å². The van der Waals surface area contributed by atoms with Crippen molar-refractivity contribution in [2.75, 3.05) is 6.54 Å². The highest BCUT2D eigenvalue weighted by molar-refractivity contribution is 9.10. The maximum absolute atomic E-state index is 12.0. The van der Waals surface area contributed by atoms with Crippen LogP contribution in [0.1, 0.15) is 31.1 Å². The Labute approximate surface area is 126 Å². The van der Waals surface area contributed by atoms with Crippen LogP contribution in [0.5, 0.6) is 5.75 Å². The molecule has 0 fully saturated rings. The number of amides is 2. The second kappa shape index (κ2) is 7.28. The van der Waals surface area contributed by atoms with Gasteiger partial charge in [0.15, 0.2) is 0 Å². The molecular weight excluding hydrogens is 324 g/mol. The molecule has 0 aliphatic heterocycles. The van der Waals surface area contributed by atoms with Crippen molar-refractivity contribution in [2.24, 2.45) is 5.92 Å². The summed E-state index contributed by atoms with van der Waals surface area (Å²) in [5, 5.41) is 14.9. The molecule has 0 aromatic heterocycles. The minimum absolute atomic E-state index is 0.125. The van der Waals surface area contributed by atoms with Crippen molar-refractivity contribution in [3.05, 3.63) is 28.2 Å². The molecule has 5 nitrogen and oxygen atoms in total. The quantitative estimate of drug-likeness (QED) is 0.766. The number of rotatable bonds is 5. The Hall–Kier alpha value is -1.56. The van der Waals surface area contributed by atoms with E-state index in [9.17, 15) is 14.7 Å². The van der Waals surface area contributed by atoms with Crippen LogP contribution in [0.15, 0.2) is 22.7 Å². The average Bonchev–Trinajstić information content (AvgIpc) is 2.38. The number of phenolic OH excluding ortho intramolecular Hbond substituents is 1. The molecule has 1 atom stereocenters. The molecule has 0 aliphatic carbocycles. The minimum Gasteiger partial charge on any atom is -0.507 e. The van der Waals surface area contributed by atoms with E-state index in [0.717, 1.165) is 0 Å². The molecule has 1 aromatic carbocycles. The van der Waals surface area contributed by atoms with E-state index in [0.29, 0.717) is 16.9 Å². The van der Waals surface area contributed by atoms with Crippen molar-refractivity contribution < 1.29 is 14.7 Å². The van der Waals surface area contributed by atoms with Crippen molar-refractivity contribution in [2.45, 2.75) is 26.8 Å². The number of hydrogen-bond acceptors (Lipinski definition) is 3. The van der Waals surface area contributed by atoms with Crippen LogP contribution in [-0.4, -0.2) is 29.5 Å². The van der Waals surface area contributed by atoms with Crippen molar-refractivity contribution >= 4 is 27.7 Å². The third-order valence-corrected chi connectivity index (χ3v) is 3.12. The van der Waals surface area contributed by atoms with E-state index in [1.165, 1.54) is 12.1 Å². The number of phenols is 1. The zero-order chi connectivity index (χ0) is 15.3. The van der Waals surface area contributed by atoms with Gasteiger partial charge >= 0.3 is 0 Å². The van der Waals surface area contributed by atoms with Crippen LogP contribution in [0.3, 0.4) is 0 Å². The van der Waals surface area contributed by atoms with Gasteiger partial charge in [-0.2, -0.15) is 0 Å². The van der Waals surface area contributed by atoms with Crippen molar-refractivity contribution in [3.63, 3.8) is 0 Å². The topological polar surface area (TPSA) is 78.4 Å². The third kappa shape index (κ3) is 4.85. The minimum atomic E-state index is -0.667. The highest BCUT2D eigenvalue weighted by atomic mass is 79.9. The van der Waals surface area contributed by atoms with E-state index >= 15 is 0 Å². The summed E-state index contributed by atoms with van der Waals surface area (Å²) in [5.41, 5.74) is 0.128. The molecule has 0 saturated carbocycles. The van der Waals surface area contributed by atoms with Gasteiger partial charge in [-0.1, -0.05) is 29.8 Å². The monoisotopic (exact) mass is 342 g/mol. The number of carbonyl (C=O) groups is 2. The van der Waals surface area contributed by atoms with E-state index in [2.05, 4.69) is 26.6 Å². The second-order valence-corrected chi connectivity index (χ2v) is 5.91. The standard InChI is InChI=1S/C14H19BrN2O3/c1-8(2)7-16-13(19)9(3)17-14(20)11-6-10(15)4-5-12(11)18/h4-6,8-9,18H,7H2,1-3H3,(H,16,19)(H,17,20). The molecule has 1 aromatic rings. The highest BCUT2D eigenvalue weighted by Crippen LogP contribution is 2.21. The summed E-state index contributed by atoms with van der Waals surface area (Å²) in [6, 6.07) is 3.89. The highest BCUT2D eigenvalue weighted by Gasteiger charge is 2.18. The molecule has 20 heavy (non-hydrogen) atoms. The predicted octanol–water partition coefficient (Wildman–Crippen LogP) is 2.05. The first-order chi connectivity index (χ1) is 9.31. The number of carbonyl (C=O) groups excluding carboxylic acids is 2. The molecule has 0 radical (unpaired) electrons. The molecule has 0 spiro atoms. The molecular formula is C14H19BrN2O3. The first-order valence-electron chi connectivity index (χ1n) is 6.38. The number of aromatic hydroxyl groups is 1. The number of nitrogens with one attached hydrogen (secondary N) is 2. The smallest absolute Gasteiger partial charge is 0.255 e. The molecule has 6 heteroatoms. The fraction of sp³-hybridized carbons (Fsp3) is 0.429. The van der Waals surface area contributed by atoms with Crippen LogP contribution >= 0.6 is 15.9 Å². The van der Waals surface area contributed by atoms with Crippen LogP contribution in [-0.2, 0) is 4.79 Å². The van der Waals surface area contributed by atoms with Crippen molar-refractivity contribution in [1.82, 2.24) is 10.6 Å².